The van der Waals surface area contributed by atoms with Crippen LogP contribution in [0.5, 0.6) is 0 Å². The molecular weight excluding hydrogens is 265 g/mol. The Kier molecular flexibility index (Phi) is 3.12. The fourth-order valence-corrected chi connectivity index (χ4v) is 2.40. The lowest BCUT2D eigenvalue weighted by Gasteiger charge is -1.98. The van der Waals surface area contributed by atoms with E-state index >= 15 is 0 Å². The third-order valence-corrected chi connectivity index (χ3v) is 3.29. The summed E-state index contributed by atoms with van der Waals surface area (Å²) in [6, 6.07) is 4.46. The Bertz CT molecular complexity index is 582. The molecular formula is C10H9F3N4S. The molecule has 2 rings (SSSR count). The quantitative estimate of drug-likeness (QED) is 0.519. The van der Waals surface area contributed by atoms with Crippen molar-refractivity contribution in [1.82, 2.24) is 9.78 Å². The SMILES string of the molecule is Cn1nc(C(F)(F)F)cc1-c1ccc(C=NN)s1. The second kappa shape index (κ2) is 4.45. The molecule has 0 atom stereocenters. The lowest BCUT2D eigenvalue weighted by molar-refractivity contribution is -0.141. The minimum Gasteiger partial charge on any atom is -0.323 e. The fraction of sp³-hybridized carbons (Fsp3) is 0.200. The molecule has 96 valence electrons. The van der Waals surface area contributed by atoms with Crippen LogP contribution >= 0.6 is 11.3 Å². The average Bonchev–Trinajstić information content (AvgIpc) is 2.84. The zero-order valence-corrected chi connectivity index (χ0v) is 10.1. The van der Waals surface area contributed by atoms with E-state index in [0.29, 0.717) is 10.6 Å². The van der Waals surface area contributed by atoms with E-state index in [1.165, 1.54) is 29.3 Å². The van der Waals surface area contributed by atoms with Crippen LogP contribution in [-0.4, -0.2) is 16.0 Å². The summed E-state index contributed by atoms with van der Waals surface area (Å²) >= 11 is 1.29. The number of hydrogen-bond acceptors (Lipinski definition) is 4. The van der Waals surface area contributed by atoms with Crippen molar-refractivity contribution in [3.8, 4) is 10.6 Å². The lowest BCUT2D eigenvalue weighted by atomic mass is 10.3. The van der Waals surface area contributed by atoms with E-state index in [2.05, 4.69) is 10.2 Å². The topological polar surface area (TPSA) is 56.2 Å². The summed E-state index contributed by atoms with van der Waals surface area (Å²) in [7, 11) is 1.47. The zero-order valence-electron chi connectivity index (χ0n) is 9.27. The molecule has 0 aliphatic carbocycles. The molecule has 2 heterocycles. The van der Waals surface area contributed by atoms with Crippen molar-refractivity contribution in [1.29, 1.82) is 0 Å². The summed E-state index contributed by atoms with van der Waals surface area (Å²) in [4.78, 5) is 1.44. The van der Waals surface area contributed by atoms with Gasteiger partial charge in [0.05, 0.1) is 16.8 Å². The van der Waals surface area contributed by atoms with Crippen LogP contribution in [0.4, 0.5) is 13.2 Å². The predicted molar refractivity (Wildman–Crippen MR) is 63.3 cm³/mol. The van der Waals surface area contributed by atoms with Crippen LogP contribution in [-0.2, 0) is 13.2 Å². The van der Waals surface area contributed by atoms with E-state index in [0.717, 1.165) is 10.9 Å². The zero-order chi connectivity index (χ0) is 13.3. The molecule has 0 fully saturated rings. The van der Waals surface area contributed by atoms with Crippen molar-refractivity contribution in [3.63, 3.8) is 0 Å². The highest BCUT2D eigenvalue weighted by Crippen LogP contribution is 2.33. The van der Waals surface area contributed by atoms with Gasteiger partial charge in [0.1, 0.15) is 0 Å². The monoisotopic (exact) mass is 274 g/mol. The van der Waals surface area contributed by atoms with Crippen LogP contribution in [0, 0.1) is 0 Å². The third-order valence-electron chi connectivity index (χ3n) is 2.25. The Morgan fingerprint density at radius 1 is 1.44 bits per heavy atom. The molecule has 0 spiro atoms. The number of hydrogen-bond donors (Lipinski definition) is 1. The predicted octanol–water partition coefficient (Wildman–Crippen LogP) is 2.46. The number of hydrazone groups is 1. The minimum absolute atomic E-state index is 0.406. The summed E-state index contributed by atoms with van der Waals surface area (Å²) in [6.07, 6.45) is -3.00. The minimum atomic E-state index is -4.44. The van der Waals surface area contributed by atoms with Crippen molar-refractivity contribution in [2.75, 3.05) is 0 Å². The van der Waals surface area contributed by atoms with Crippen LogP contribution in [0.25, 0.3) is 10.6 Å². The molecule has 4 nitrogen and oxygen atoms in total. The molecule has 18 heavy (non-hydrogen) atoms. The van der Waals surface area contributed by atoms with Crippen molar-refractivity contribution in [2.24, 2.45) is 18.0 Å². The maximum Gasteiger partial charge on any atom is 0.435 e. The number of alkyl halides is 3. The van der Waals surface area contributed by atoms with Crippen molar-refractivity contribution >= 4 is 17.6 Å². The molecule has 2 aromatic heterocycles. The lowest BCUT2D eigenvalue weighted by Crippen LogP contribution is -2.06. The van der Waals surface area contributed by atoms with Crippen molar-refractivity contribution < 1.29 is 13.2 Å². The Labute approximate surface area is 105 Å². The number of nitrogens with zero attached hydrogens (tertiary/aromatic N) is 3. The number of halogens is 3. The van der Waals surface area contributed by atoms with Gasteiger partial charge in [-0.3, -0.25) is 4.68 Å². The summed E-state index contributed by atoms with van der Waals surface area (Å²) < 4.78 is 38.7. The van der Waals surface area contributed by atoms with Gasteiger partial charge in [0, 0.05) is 11.9 Å². The highest BCUT2D eigenvalue weighted by molar-refractivity contribution is 7.17. The van der Waals surface area contributed by atoms with Crippen LogP contribution in [0.2, 0.25) is 0 Å². The first-order valence-corrected chi connectivity index (χ1v) is 5.68. The summed E-state index contributed by atoms with van der Waals surface area (Å²) in [5.41, 5.74) is -0.494. The molecule has 0 radical (unpaired) electrons. The first kappa shape index (κ1) is 12.6. The number of nitrogens with two attached hydrogens (primary N) is 1. The van der Waals surface area contributed by atoms with E-state index in [-0.39, 0.29) is 0 Å². The first-order chi connectivity index (χ1) is 8.41. The maximum atomic E-state index is 12.5. The molecule has 0 unspecified atom stereocenters. The molecule has 0 saturated heterocycles. The second-order valence-electron chi connectivity index (χ2n) is 3.52. The fourth-order valence-electron chi connectivity index (χ4n) is 1.47. The van der Waals surface area contributed by atoms with Crippen LogP contribution in [0.15, 0.2) is 23.3 Å². The maximum absolute atomic E-state index is 12.5. The summed E-state index contributed by atoms with van der Waals surface area (Å²) in [5.74, 6) is 5.01. The van der Waals surface area contributed by atoms with Gasteiger partial charge in [-0.1, -0.05) is 0 Å². The molecule has 0 bridgehead atoms. The van der Waals surface area contributed by atoms with Gasteiger partial charge in [-0.2, -0.15) is 23.4 Å². The highest BCUT2D eigenvalue weighted by atomic mass is 32.1. The Morgan fingerprint density at radius 3 is 2.72 bits per heavy atom. The normalized spacial score (nSPS) is 12.4. The molecule has 0 saturated carbocycles. The first-order valence-electron chi connectivity index (χ1n) is 4.86. The van der Waals surface area contributed by atoms with Gasteiger partial charge >= 0.3 is 6.18 Å². The van der Waals surface area contributed by atoms with Crippen LogP contribution in [0.1, 0.15) is 10.6 Å². The Hall–Kier alpha value is -1.83. The summed E-state index contributed by atoms with van der Waals surface area (Å²) in [5, 5.41) is 6.82. The van der Waals surface area contributed by atoms with Crippen molar-refractivity contribution in [3.05, 3.63) is 28.8 Å². The van der Waals surface area contributed by atoms with Crippen molar-refractivity contribution in [2.45, 2.75) is 6.18 Å². The van der Waals surface area contributed by atoms with Gasteiger partial charge < -0.3 is 5.84 Å². The average molecular weight is 274 g/mol. The molecule has 2 N–H and O–H groups in total. The Balaban J connectivity index is 2.41. The van der Waals surface area contributed by atoms with Gasteiger partial charge in [0.15, 0.2) is 5.69 Å². The number of rotatable bonds is 2. The molecule has 0 aliphatic heterocycles. The van der Waals surface area contributed by atoms with E-state index < -0.39 is 11.9 Å². The van der Waals surface area contributed by atoms with Gasteiger partial charge in [-0.05, 0) is 18.2 Å². The number of aryl methyl sites for hydroxylation is 1. The molecule has 0 aromatic carbocycles. The molecule has 2 aromatic rings. The number of thiophene rings is 1. The molecule has 0 aliphatic rings. The second-order valence-corrected chi connectivity index (χ2v) is 4.63. The van der Waals surface area contributed by atoms with Gasteiger partial charge in [0.25, 0.3) is 0 Å². The highest BCUT2D eigenvalue weighted by Gasteiger charge is 2.34. The van der Waals surface area contributed by atoms with Crippen LogP contribution < -0.4 is 5.84 Å². The van der Waals surface area contributed by atoms with E-state index in [9.17, 15) is 13.2 Å². The smallest absolute Gasteiger partial charge is 0.323 e. The molecule has 0 amide bonds. The van der Waals surface area contributed by atoms with Crippen LogP contribution in [0.3, 0.4) is 0 Å². The van der Waals surface area contributed by atoms with Gasteiger partial charge in [0.2, 0.25) is 0 Å². The standard InChI is InChI=1S/C10H9F3N4S/c1-17-7(4-9(16-17)10(11,12)13)8-3-2-6(18-8)5-15-14/h2-5H,14H2,1H3. The van der Waals surface area contributed by atoms with E-state index in [1.807, 2.05) is 0 Å². The summed E-state index contributed by atoms with van der Waals surface area (Å²) in [6.45, 7) is 0. The largest absolute Gasteiger partial charge is 0.435 e. The van der Waals surface area contributed by atoms with Gasteiger partial charge in [-0.15, -0.1) is 11.3 Å². The van der Waals surface area contributed by atoms with Gasteiger partial charge in [-0.25, -0.2) is 0 Å². The van der Waals surface area contributed by atoms with E-state index in [1.54, 1.807) is 12.1 Å². The Morgan fingerprint density at radius 2 is 2.17 bits per heavy atom. The van der Waals surface area contributed by atoms with E-state index in [4.69, 9.17) is 5.84 Å². The number of aromatic nitrogens is 2. The molecule has 8 heteroatoms. The third kappa shape index (κ3) is 2.37.